The van der Waals surface area contributed by atoms with Crippen LogP contribution in [0.25, 0.3) is 0 Å². The average molecular weight is 399 g/mol. The van der Waals surface area contributed by atoms with Crippen LogP contribution in [-0.2, 0) is 25.9 Å². The first kappa shape index (κ1) is 21.8. The first-order valence-corrected chi connectivity index (χ1v) is 10.9. The molecule has 0 spiro atoms. The van der Waals surface area contributed by atoms with E-state index in [0.717, 1.165) is 5.56 Å². The van der Waals surface area contributed by atoms with E-state index in [4.69, 9.17) is 4.74 Å². The van der Waals surface area contributed by atoms with Gasteiger partial charge in [0.25, 0.3) is 0 Å². The van der Waals surface area contributed by atoms with Crippen molar-refractivity contribution in [3.63, 3.8) is 0 Å². The predicted octanol–water partition coefficient (Wildman–Crippen LogP) is 0.860. The minimum absolute atomic E-state index is 0.0549. The molecule has 1 aromatic rings. The summed E-state index contributed by atoms with van der Waals surface area (Å²) in [7, 11) is -3.21. The van der Waals surface area contributed by atoms with E-state index in [1.54, 1.807) is 24.3 Å². The molecule has 1 fully saturated rings. The molecule has 1 aliphatic rings. The number of carbonyl (C=O) groups is 1. The molecule has 1 heterocycles. The lowest BCUT2D eigenvalue weighted by atomic mass is 9.92. The smallest absolute Gasteiger partial charge is 0.220 e. The summed E-state index contributed by atoms with van der Waals surface area (Å²) < 4.78 is 28.6. The molecule has 3 atom stereocenters. The Morgan fingerprint density at radius 3 is 2.44 bits per heavy atom. The van der Waals surface area contributed by atoms with Gasteiger partial charge in [-0.3, -0.25) is 4.79 Å². The largest absolute Gasteiger partial charge is 0.389 e. The van der Waals surface area contributed by atoms with Crippen LogP contribution in [0.4, 0.5) is 0 Å². The lowest BCUT2D eigenvalue weighted by Crippen LogP contribution is -2.44. The molecule has 3 N–H and O–H groups in total. The minimum atomic E-state index is -3.21. The molecule has 8 heteroatoms. The molecule has 0 radical (unpaired) electrons. The number of sulfone groups is 1. The average Bonchev–Trinajstić information content (AvgIpc) is 2.89. The van der Waals surface area contributed by atoms with Gasteiger partial charge in [0.05, 0.1) is 23.6 Å². The van der Waals surface area contributed by atoms with Gasteiger partial charge < -0.3 is 20.5 Å². The third-order valence-electron chi connectivity index (χ3n) is 4.39. The third-order valence-corrected chi connectivity index (χ3v) is 5.52. The van der Waals surface area contributed by atoms with Crippen LogP contribution in [0, 0.1) is 5.41 Å². The van der Waals surface area contributed by atoms with Crippen molar-refractivity contribution in [3.8, 4) is 0 Å². The van der Waals surface area contributed by atoms with Gasteiger partial charge in [0.15, 0.2) is 9.84 Å². The van der Waals surface area contributed by atoms with E-state index in [1.807, 2.05) is 20.8 Å². The molecule has 1 saturated heterocycles. The van der Waals surface area contributed by atoms with Crippen molar-refractivity contribution >= 4 is 15.7 Å². The highest BCUT2D eigenvalue weighted by molar-refractivity contribution is 7.90. The maximum absolute atomic E-state index is 11.9. The van der Waals surface area contributed by atoms with Crippen molar-refractivity contribution in [1.82, 2.24) is 10.6 Å². The number of aliphatic hydroxyl groups is 1. The highest BCUT2D eigenvalue weighted by atomic mass is 32.2. The Labute approximate surface area is 161 Å². The number of ether oxygens (including phenoxy) is 1. The SMILES string of the molecule is CC(C)(C)CC(=O)NCC1OCC(NCc2ccc(S(C)(=O)=O)cc2)C1O. The van der Waals surface area contributed by atoms with E-state index < -0.39 is 22.0 Å². The van der Waals surface area contributed by atoms with Crippen molar-refractivity contribution in [2.24, 2.45) is 5.41 Å². The number of nitrogens with one attached hydrogen (secondary N) is 2. The summed E-state index contributed by atoms with van der Waals surface area (Å²) >= 11 is 0. The fourth-order valence-corrected chi connectivity index (χ4v) is 3.54. The Morgan fingerprint density at radius 2 is 1.89 bits per heavy atom. The molecule has 1 aliphatic heterocycles. The second-order valence-corrected chi connectivity index (χ2v) is 10.3. The number of hydrogen-bond donors (Lipinski definition) is 3. The maximum Gasteiger partial charge on any atom is 0.220 e. The topological polar surface area (TPSA) is 105 Å². The Kier molecular flexibility index (Phi) is 7.02. The quantitative estimate of drug-likeness (QED) is 0.629. The van der Waals surface area contributed by atoms with Crippen molar-refractivity contribution in [3.05, 3.63) is 29.8 Å². The van der Waals surface area contributed by atoms with Gasteiger partial charge in [0.1, 0.15) is 6.10 Å². The first-order chi connectivity index (χ1) is 12.5. The number of rotatable bonds is 7. The Hall–Kier alpha value is -1.48. The summed E-state index contributed by atoms with van der Waals surface area (Å²) in [6, 6.07) is 6.39. The van der Waals surface area contributed by atoms with Crippen LogP contribution in [0.3, 0.4) is 0 Å². The fourth-order valence-electron chi connectivity index (χ4n) is 2.90. The van der Waals surface area contributed by atoms with E-state index in [2.05, 4.69) is 10.6 Å². The van der Waals surface area contributed by atoms with Gasteiger partial charge in [0, 0.05) is 25.8 Å². The predicted molar refractivity (Wildman–Crippen MR) is 103 cm³/mol. The van der Waals surface area contributed by atoms with Crippen molar-refractivity contribution in [2.45, 2.75) is 56.9 Å². The van der Waals surface area contributed by atoms with Gasteiger partial charge in [-0.25, -0.2) is 8.42 Å². The molecule has 1 amide bonds. The van der Waals surface area contributed by atoms with Crippen LogP contribution in [0.15, 0.2) is 29.2 Å². The third kappa shape index (κ3) is 6.88. The second-order valence-electron chi connectivity index (χ2n) is 8.31. The Balaban J connectivity index is 1.79. The van der Waals surface area contributed by atoms with Gasteiger partial charge in [-0.1, -0.05) is 32.9 Å². The summed E-state index contributed by atoms with van der Waals surface area (Å²) in [5, 5.41) is 16.4. The molecule has 27 heavy (non-hydrogen) atoms. The zero-order chi connectivity index (χ0) is 20.2. The van der Waals surface area contributed by atoms with Crippen molar-refractivity contribution in [2.75, 3.05) is 19.4 Å². The van der Waals surface area contributed by atoms with Gasteiger partial charge in [0.2, 0.25) is 5.91 Å². The zero-order valence-electron chi connectivity index (χ0n) is 16.4. The first-order valence-electron chi connectivity index (χ1n) is 9.04. The molecule has 0 saturated carbocycles. The van der Waals surface area contributed by atoms with Crippen LogP contribution < -0.4 is 10.6 Å². The summed E-state index contributed by atoms with van der Waals surface area (Å²) in [5.74, 6) is -0.0549. The van der Waals surface area contributed by atoms with E-state index in [-0.39, 0.29) is 28.8 Å². The van der Waals surface area contributed by atoms with E-state index in [0.29, 0.717) is 19.6 Å². The van der Waals surface area contributed by atoms with Crippen molar-refractivity contribution < 1.29 is 23.1 Å². The molecule has 3 unspecified atom stereocenters. The van der Waals surface area contributed by atoms with Crippen molar-refractivity contribution in [1.29, 1.82) is 0 Å². The Bertz CT molecular complexity index is 740. The fraction of sp³-hybridized carbons (Fsp3) is 0.632. The number of amides is 1. The minimum Gasteiger partial charge on any atom is -0.389 e. The second kappa shape index (κ2) is 8.68. The van der Waals surface area contributed by atoms with Crippen LogP contribution >= 0.6 is 0 Å². The van der Waals surface area contributed by atoms with E-state index in [9.17, 15) is 18.3 Å². The van der Waals surface area contributed by atoms with Crippen LogP contribution in [-0.4, -0.2) is 57.1 Å². The highest BCUT2D eigenvalue weighted by Crippen LogP contribution is 2.19. The van der Waals surface area contributed by atoms with Gasteiger partial charge in [-0.05, 0) is 23.1 Å². The molecular weight excluding hydrogens is 368 g/mol. The molecule has 0 bridgehead atoms. The van der Waals surface area contributed by atoms with Crippen LogP contribution in [0.5, 0.6) is 0 Å². The van der Waals surface area contributed by atoms with Crippen LogP contribution in [0.1, 0.15) is 32.8 Å². The molecule has 1 aromatic carbocycles. The lowest BCUT2D eigenvalue weighted by molar-refractivity contribution is -0.123. The Morgan fingerprint density at radius 1 is 1.26 bits per heavy atom. The summed E-state index contributed by atoms with van der Waals surface area (Å²) in [6.07, 6.45) is 0.419. The van der Waals surface area contributed by atoms with Gasteiger partial charge in [-0.2, -0.15) is 0 Å². The molecule has 7 nitrogen and oxygen atoms in total. The van der Waals surface area contributed by atoms with Crippen LogP contribution in [0.2, 0.25) is 0 Å². The lowest BCUT2D eigenvalue weighted by Gasteiger charge is -2.21. The number of benzene rings is 1. The monoisotopic (exact) mass is 398 g/mol. The number of carbonyl (C=O) groups excluding carboxylic acids is 1. The number of aliphatic hydroxyl groups excluding tert-OH is 1. The summed E-state index contributed by atoms with van der Waals surface area (Å²) in [6.45, 7) is 7.10. The standard InChI is InChI=1S/C19H30N2O5S/c1-19(2,3)9-17(22)21-11-16-18(23)15(12-26-16)20-10-13-5-7-14(8-6-13)27(4,24)25/h5-8,15-16,18,20,23H,9-12H2,1-4H3,(H,21,22). The van der Waals surface area contributed by atoms with E-state index >= 15 is 0 Å². The molecule has 0 aromatic heterocycles. The molecule has 152 valence electrons. The van der Waals surface area contributed by atoms with Gasteiger partial charge in [-0.15, -0.1) is 0 Å². The van der Waals surface area contributed by atoms with Gasteiger partial charge >= 0.3 is 0 Å². The number of hydrogen-bond acceptors (Lipinski definition) is 6. The summed E-state index contributed by atoms with van der Waals surface area (Å²) in [4.78, 5) is 12.2. The zero-order valence-corrected chi connectivity index (χ0v) is 17.2. The summed E-state index contributed by atoms with van der Waals surface area (Å²) in [5.41, 5.74) is 0.826. The highest BCUT2D eigenvalue weighted by Gasteiger charge is 2.35. The molecular formula is C19H30N2O5S. The maximum atomic E-state index is 11.9. The normalized spacial score (nSPS) is 23.4. The molecule has 0 aliphatic carbocycles. The molecule has 2 rings (SSSR count). The van der Waals surface area contributed by atoms with E-state index in [1.165, 1.54) is 6.26 Å².